The van der Waals surface area contributed by atoms with Gasteiger partial charge in [0.15, 0.2) is 0 Å². The van der Waals surface area contributed by atoms with E-state index in [2.05, 4.69) is 10.0 Å². The van der Waals surface area contributed by atoms with Crippen molar-refractivity contribution in [1.29, 1.82) is 0 Å². The van der Waals surface area contributed by atoms with Gasteiger partial charge in [0.25, 0.3) is 0 Å². The number of hydrogen-bond acceptors (Lipinski definition) is 4. The average molecular weight is 377 g/mol. The van der Waals surface area contributed by atoms with Gasteiger partial charge in [0.1, 0.15) is 6.04 Å². The minimum atomic E-state index is -3.89. The van der Waals surface area contributed by atoms with Crippen molar-refractivity contribution in [3.63, 3.8) is 0 Å². The lowest BCUT2D eigenvalue weighted by atomic mass is 10.0. The molecule has 0 aliphatic rings. The summed E-state index contributed by atoms with van der Waals surface area (Å²) in [6.07, 6.45) is 0.386. The molecule has 0 fully saturated rings. The van der Waals surface area contributed by atoms with E-state index in [1.54, 1.807) is 18.2 Å². The number of hydrogen-bond donors (Lipinski definition) is 3. The quantitative estimate of drug-likeness (QED) is 0.639. The number of rotatable bonds is 8. The van der Waals surface area contributed by atoms with Gasteiger partial charge >= 0.3 is 0 Å². The summed E-state index contributed by atoms with van der Waals surface area (Å²) in [4.78, 5) is 23.5. The molecule has 0 saturated carbocycles. The van der Waals surface area contributed by atoms with Crippen LogP contribution in [0.2, 0.25) is 0 Å². The van der Waals surface area contributed by atoms with Gasteiger partial charge in [0.2, 0.25) is 21.8 Å². The fourth-order valence-electron chi connectivity index (χ4n) is 2.63. The third kappa shape index (κ3) is 5.03. The van der Waals surface area contributed by atoms with Crippen molar-refractivity contribution in [2.24, 2.45) is 11.7 Å². The first-order valence-corrected chi connectivity index (χ1v) is 9.75. The molecule has 0 aliphatic carbocycles. The van der Waals surface area contributed by atoms with Crippen LogP contribution in [0.4, 0.5) is 0 Å². The topological polar surface area (TPSA) is 118 Å². The van der Waals surface area contributed by atoms with Crippen molar-refractivity contribution >= 4 is 32.6 Å². The average Bonchev–Trinajstić information content (AvgIpc) is 2.58. The predicted molar refractivity (Wildman–Crippen MR) is 99.7 cm³/mol. The van der Waals surface area contributed by atoms with E-state index >= 15 is 0 Å². The Bertz CT molecular complexity index is 904. The van der Waals surface area contributed by atoms with E-state index in [1.165, 1.54) is 6.07 Å². The Morgan fingerprint density at radius 3 is 2.38 bits per heavy atom. The molecule has 2 aromatic carbocycles. The molecule has 0 radical (unpaired) electrons. The zero-order valence-electron chi connectivity index (χ0n) is 14.7. The zero-order chi connectivity index (χ0) is 19.3. The highest BCUT2D eigenvalue weighted by Crippen LogP contribution is 2.22. The summed E-state index contributed by atoms with van der Waals surface area (Å²) in [5, 5.41) is 3.82. The van der Waals surface area contributed by atoms with Gasteiger partial charge in [-0.2, -0.15) is 0 Å². The van der Waals surface area contributed by atoms with Crippen LogP contribution in [0.1, 0.15) is 20.3 Å². The zero-order valence-corrected chi connectivity index (χ0v) is 15.5. The largest absolute Gasteiger partial charge is 0.368 e. The van der Waals surface area contributed by atoms with Crippen LogP contribution in [-0.4, -0.2) is 32.8 Å². The van der Waals surface area contributed by atoms with Crippen LogP contribution in [0.5, 0.6) is 0 Å². The van der Waals surface area contributed by atoms with Gasteiger partial charge in [-0.05, 0) is 23.8 Å². The first-order valence-electron chi connectivity index (χ1n) is 8.27. The molecule has 0 unspecified atom stereocenters. The predicted octanol–water partition coefficient (Wildman–Crippen LogP) is 1.13. The second-order valence-electron chi connectivity index (χ2n) is 6.45. The monoisotopic (exact) mass is 377 g/mol. The smallest absolute Gasteiger partial charge is 0.241 e. The van der Waals surface area contributed by atoms with E-state index in [9.17, 15) is 18.0 Å². The number of nitrogens with two attached hydrogens (primary N) is 1. The van der Waals surface area contributed by atoms with Crippen LogP contribution in [0.15, 0.2) is 47.4 Å². The molecule has 2 rings (SSSR count). The van der Waals surface area contributed by atoms with Crippen molar-refractivity contribution in [2.45, 2.75) is 31.2 Å². The number of amides is 2. The lowest BCUT2D eigenvalue weighted by Crippen LogP contribution is -2.48. The van der Waals surface area contributed by atoms with Crippen LogP contribution in [-0.2, 0) is 19.6 Å². The van der Waals surface area contributed by atoms with Crippen molar-refractivity contribution in [1.82, 2.24) is 10.0 Å². The Labute approximate surface area is 153 Å². The Hall–Kier alpha value is -2.45. The standard InChI is InChI=1S/C18H23N3O4S/c1-12(2)10-15(18(19)23)21-17(22)11-20-26(24,25)16-9-5-7-13-6-3-4-8-14(13)16/h3-9,12,15,20H,10-11H2,1-2H3,(H2,19,23)(H,21,22)/t15-/m0/s1. The molecule has 0 heterocycles. The summed E-state index contributed by atoms with van der Waals surface area (Å²) in [5.74, 6) is -1.11. The first-order chi connectivity index (χ1) is 12.2. The molecular formula is C18H23N3O4S. The molecule has 1 atom stereocenters. The van der Waals surface area contributed by atoms with Gasteiger partial charge in [0.05, 0.1) is 11.4 Å². The number of fused-ring (bicyclic) bond motifs is 1. The fourth-order valence-corrected chi connectivity index (χ4v) is 3.84. The van der Waals surface area contributed by atoms with Crippen molar-refractivity contribution in [3.8, 4) is 0 Å². The molecule has 0 bridgehead atoms. The number of primary amides is 1. The number of carbonyl (C=O) groups is 2. The minimum Gasteiger partial charge on any atom is -0.368 e. The third-order valence-corrected chi connectivity index (χ3v) is 5.31. The molecule has 140 valence electrons. The molecule has 2 aromatic rings. The van der Waals surface area contributed by atoms with E-state index in [0.717, 1.165) is 5.39 Å². The number of nitrogens with one attached hydrogen (secondary N) is 2. The van der Waals surface area contributed by atoms with E-state index in [4.69, 9.17) is 5.73 Å². The second kappa shape index (κ2) is 8.29. The Morgan fingerprint density at radius 1 is 1.08 bits per heavy atom. The summed E-state index contributed by atoms with van der Waals surface area (Å²) in [7, 11) is -3.89. The molecule has 4 N–H and O–H groups in total. The maximum absolute atomic E-state index is 12.6. The van der Waals surface area contributed by atoms with E-state index in [0.29, 0.717) is 11.8 Å². The Morgan fingerprint density at radius 2 is 1.73 bits per heavy atom. The van der Waals surface area contributed by atoms with Crippen molar-refractivity contribution < 1.29 is 18.0 Å². The fraction of sp³-hybridized carbons (Fsp3) is 0.333. The van der Waals surface area contributed by atoms with Crippen LogP contribution >= 0.6 is 0 Å². The van der Waals surface area contributed by atoms with Gasteiger partial charge in [0, 0.05) is 5.39 Å². The van der Waals surface area contributed by atoms with Crippen molar-refractivity contribution in [3.05, 3.63) is 42.5 Å². The van der Waals surface area contributed by atoms with E-state index in [-0.39, 0.29) is 10.8 Å². The highest BCUT2D eigenvalue weighted by atomic mass is 32.2. The van der Waals surface area contributed by atoms with Crippen molar-refractivity contribution in [2.75, 3.05) is 6.54 Å². The molecular weight excluding hydrogens is 354 g/mol. The van der Waals surface area contributed by atoms with Crippen LogP contribution < -0.4 is 15.8 Å². The lowest BCUT2D eigenvalue weighted by Gasteiger charge is -2.17. The molecule has 0 spiro atoms. The molecule has 0 aliphatic heterocycles. The molecule has 26 heavy (non-hydrogen) atoms. The number of sulfonamides is 1. The van der Waals surface area contributed by atoms with Crippen LogP contribution in [0, 0.1) is 5.92 Å². The van der Waals surface area contributed by atoms with E-state index < -0.39 is 34.4 Å². The van der Waals surface area contributed by atoms with Gasteiger partial charge in [-0.1, -0.05) is 50.2 Å². The van der Waals surface area contributed by atoms with Crippen LogP contribution in [0.3, 0.4) is 0 Å². The first kappa shape index (κ1) is 19.9. The summed E-state index contributed by atoms with van der Waals surface area (Å²) < 4.78 is 27.4. The normalized spacial score (nSPS) is 12.9. The van der Waals surface area contributed by atoms with E-state index in [1.807, 2.05) is 32.0 Å². The minimum absolute atomic E-state index is 0.0945. The number of carbonyl (C=O) groups excluding carboxylic acids is 2. The summed E-state index contributed by atoms with van der Waals surface area (Å²) in [6.45, 7) is 3.31. The lowest BCUT2D eigenvalue weighted by molar-refractivity contribution is -0.127. The van der Waals surface area contributed by atoms with Gasteiger partial charge in [-0.3, -0.25) is 9.59 Å². The molecule has 8 heteroatoms. The summed E-state index contributed by atoms with van der Waals surface area (Å²) in [6, 6.07) is 11.2. The maximum Gasteiger partial charge on any atom is 0.241 e. The molecule has 7 nitrogen and oxygen atoms in total. The van der Waals surface area contributed by atoms with Gasteiger partial charge in [-0.15, -0.1) is 0 Å². The summed E-state index contributed by atoms with van der Waals surface area (Å²) >= 11 is 0. The molecule has 0 aromatic heterocycles. The third-order valence-electron chi connectivity index (χ3n) is 3.85. The Balaban J connectivity index is 2.10. The SMILES string of the molecule is CC(C)C[C@H](NC(=O)CNS(=O)(=O)c1cccc2ccccc12)C(N)=O. The Kier molecular flexibility index (Phi) is 6.33. The van der Waals surface area contributed by atoms with Gasteiger partial charge in [-0.25, -0.2) is 13.1 Å². The molecule has 0 saturated heterocycles. The summed E-state index contributed by atoms with van der Waals surface area (Å²) in [5.41, 5.74) is 5.28. The number of benzene rings is 2. The highest BCUT2D eigenvalue weighted by Gasteiger charge is 2.22. The van der Waals surface area contributed by atoms with Gasteiger partial charge < -0.3 is 11.1 Å². The molecule has 2 amide bonds. The maximum atomic E-state index is 12.6. The second-order valence-corrected chi connectivity index (χ2v) is 8.19. The highest BCUT2D eigenvalue weighted by molar-refractivity contribution is 7.89. The van der Waals surface area contributed by atoms with Crippen LogP contribution in [0.25, 0.3) is 10.8 Å².